The van der Waals surface area contributed by atoms with Crippen LogP contribution in [0.15, 0.2) is 18.3 Å². The zero-order valence-electron chi connectivity index (χ0n) is 9.60. The molecule has 0 radical (unpaired) electrons. The number of nitrogens with one attached hydrogen (secondary N) is 1. The number of carbonyl (C=O) groups is 2. The van der Waals surface area contributed by atoms with Gasteiger partial charge in [0.15, 0.2) is 0 Å². The molecule has 0 saturated heterocycles. The summed E-state index contributed by atoms with van der Waals surface area (Å²) in [6, 6.07) is 3.48. The summed E-state index contributed by atoms with van der Waals surface area (Å²) in [4.78, 5) is 27.8. The number of fused-ring (bicyclic) bond motifs is 1. The highest BCUT2D eigenvalue weighted by Crippen LogP contribution is 2.34. The molecule has 7 heteroatoms. The zero-order chi connectivity index (χ0) is 13.1. The summed E-state index contributed by atoms with van der Waals surface area (Å²) in [5.41, 5.74) is 5.64. The summed E-state index contributed by atoms with van der Waals surface area (Å²) in [7, 11) is 0. The van der Waals surface area contributed by atoms with E-state index in [1.165, 1.54) is 0 Å². The molecule has 2 aromatic heterocycles. The van der Waals surface area contributed by atoms with Crippen molar-refractivity contribution >= 4 is 39.2 Å². The van der Waals surface area contributed by atoms with Crippen LogP contribution in [0.5, 0.6) is 0 Å². The number of ether oxygens (including phenoxy) is 1. The summed E-state index contributed by atoms with van der Waals surface area (Å²) in [5, 5.41) is 3.19. The summed E-state index contributed by atoms with van der Waals surface area (Å²) in [6.07, 6.45) is 0.987. The Morgan fingerprint density at radius 3 is 3.00 bits per heavy atom. The van der Waals surface area contributed by atoms with Crippen LogP contribution < -0.4 is 11.1 Å². The van der Waals surface area contributed by atoms with Crippen LogP contribution in [0.1, 0.15) is 16.6 Å². The molecule has 0 aliphatic carbocycles. The number of rotatable bonds is 3. The molecule has 6 nitrogen and oxygen atoms in total. The number of hydrogen-bond donors (Lipinski definition) is 2. The molecule has 0 unspecified atom stereocenters. The van der Waals surface area contributed by atoms with Crippen molar-refractivity contribution in [3.8, 4) is 0 Å². The van der Waals surface area contributed by atoms with Crippen LogP contribution in [0.3, 0.4) is 0 Å². The molecular formula is C11H11N3O3S. The second-order valence-electron chi connectivity index (χ2n) is 3.37. The minimum atomic E-state index is -0.622. The highest BCUT2D eigenvalue weighted by atomic mass is 32.1. The number of amides is 2. The zero-order valence-corrected chi connectivity index (χ0v) is 10.4. The molecule has 2 rings (SSSR count). The van der Waals surface area contributed by atoms with Crippen LogP contribution in [-0.4, -0.2) is 23.6 Å². The van der Waals surface area contributed by atoms with Crippen LogP contribution in [0.4, 0.5) is 10.5 Å². The first-order valence-corrected chi connectivity index (χ1v) is 6.06. The minimum Gasteiger partial charge on any atom is -0.450 e. The van der Waals surface area contributed by atoms with Crippen molar-refractivity contribution in [3.05, 3.63) is 23.2 Å². The van der Waals surface area contributed by atoms with E-state index in [1.807, 2.05) is 0 Å². The molecule has 0 aliphatic rings. The molecular weight excluding hydrogens is 254 g/mol. The predicted molar refractivity (Wildman–Crippen MR) is 68.8 cm³/mol. The molecule has 0 aromatic carbocycles. The second-order valence-corrected chi connectivity index (χ2v) is 4.37. The maximum Gasteiger partial charge on any atom is 0.411 e. The smallest absolute Gasteiger partial charge is 0.411 e. The number of primary amides is 1. The van der Waals surface area contributed by atoms with E-state index < -0.39 is 12.0 Å². The topological polar surface area (TPSA) is 94.3 Å². The lowest BCUT2D eigenvalue weighted by Crippen LogP contribution is -2.17. The van der Waals surface area contributed by atoms with Gasteiger partial charge in [-0.1, -0.05) is 0 Å². The fourth-order valence-electron chi connectivity index (χ4n) is 1.50. The standard InChI is InChI=1S/C11H11N3O3S/c1-2-17-11(16)14-7-6-4-3-5-13-10(6)18-8(7)9(12)15/h3-5H,2H2,1H3,(H2,12,15)(H,14,16). The number of nitrogens with two attached hydrogens (primary N) is 1. The summed E-state index contributed by atoms with van der Waals surface area (Å²) in [5.74, 6) is -0.607. The third kappa shape index (κ3) is 2.25. The minimum absolute atomic E-state index is 0.248. The maximum atomic E-state index is 11.4. The van der Waals surface area contributed by atoms with Crippen LogP contribution >= 0.6 is 11.3 Å². The maximum absolute atomic E-state index is 11.4. The molecule has 2 aromatic rings. The first-order chi connectivity index (χ1) is 8.63. The first-order valence-electron chi connectivity index (χ1n) is 5.24. The average molecular weight is 265 g/mol. The molecule has 3 N–H and O–H groups in total. The summed E-state index contributed by atoms with van der Waals surface area (Å²) < 4.78 is 4.78. The molecule has 2 heterocycles. The van der Waals surface area contributed by atoms with E-state index in [0.29, 0.717) is 15.9 Å². The number of aromatic nitrogens is 1. The van der Waals surface area contributed by atoms with Gasteiger partial charge in [0.05, 0.1) is 12.3 Å². The van der Waals surface area contributed by atoms with E-state index in [1.54, 1.807) is 25.3 Å². The van der Waals surface area contributed by atoms with Gasteiger partial charge in [-0.25, -0.2) is 9.78 Å². The van der Waals surface area contributed by atoms with Gasteiger partial charge in [0, 0.05) is 11.6 Å². The average Bonchev–Trinajstić information content (AvgIpc) is 2.69. The number of carbonyl (C=O) groups excluding carboxylic acids is 2. The lowest BCUT2D eigenvalue weighted by atomic mass is 10.2. The van der Waals surface area contributed by atoms with E-state index in [2.05, 4.69) is 10.3 Å². The van der Waals surface area contributed by atoms with Crippen molar-refractivity contribution in [2.75, 3.05) is 11.9 Å². The van der Waals surface area contributed by atoms with E-state index >= 15 is 0 Å². The Morgan fingerprint density at radius 1 is 1.56 bits per heavy atom. The normalized spacial score (nSPS) is 10.3. The van der Waals surface area contributed by atoms with Gasteiger partial charge in [-0.05, 0) is 19.1 Å². The van der Waals surface area contributed by atoms with E-state index in [4.69, 9.17) is 10.5 Å². The molecule has 0 atom stereocenters. The molecule has 0 saturated carbocycles. The fourth-order valence-corrected chi connectivity index (χ4v) is 2.45. The Balaban J connectivity index is 2.48. The van der Waals surface area contributed by atoms with Crippen molar-refractivity contribution in [1.29, 1.82) is 0 Å². The van der Waals surface area contributed by atoms with Crippen molar-refractivity contribution in [2.45, 2.75) is 6.92 Å². The van der Waals surface area contributed by atoms with Crippen LogP contribution in [0.25, 0.3) is 10.2 Å². The van der Waals surface area contributed by atoms with Gasteiger partial charge in [0.2, 0.25) is 0 Å². The summed E-state index contributed by atoms with van der Waals surface area (Å²) >= 11 is 1.14. The monoisotopic (exact) mass is 265 g/mol. The highest BCUT2D eigenvalue weighted by molar-refractivity contribution is 7.21. The molecule has 94 valence electrons. The number of hydrogen-bond acceptors (Lipinski definition) is 5. The van der Waals surface area contributed by atoms with Gasteiger partial charge >= 0.3 is 6.09 Å². The van der Waals surface area contributed by atoms with Gasteiger partial charge in [-0.15, -0.1) is 11.3 Å². The summed E-state index contributed by atoms with van der Waals surface area (Å²) in [6.45, 7) is 1.94. The van der Waals surface area contributed by atoms with Crippen molar-refractivity contribution < 1.29 is 14.3 Å². The predicted octanol–water partition coefficient (Wildman–Crippen LogP) is 1.96. The van der Waals surface area contributed by atoms with Crippen molar-refractivity contribution in [2.24, 2.45) is 5.73 Å². The Bertz CT molecular complexity index is 609. The van der Waals surface area contributed by atoms with Gasteiger partial charge in [-0.3, -0.25) is 10.1 Å². The van der Waals surface area contributed by atoms with Gasteiger partial charge in [0.25, 0.3) is 5.91 Å². The molecule has 18 heavy (non-hydrogen) atoms. The van der Waals surface area contributed by atoms with Gasteiger partial charge < -0.3 is 10.5 Å². The van der Waals surface area contributed by atoms with E-state index in [0.717, 1.165) is 11.3 Å². The van der Waals surface area contributed by atoms with Crippen molar-refractivity contribution in [1.82, 2.24) is 4.98 Å². The lowest BCUT2D eigenvalue weighted by molar-refractivity contribution is 0.100. The SMILES string of the molecule is CCOC(=O)Nc1c(C(N)=O)sc2ncccc12. The number of anilines is 1. The molecule has 2 amide bonds. The van der Waals surface area contributed by atoms with Crippen LogP contribution in [0, 0.1) is 0 Å². The molecule has 0 aliphatic heterocycles. The van der Waals surface area contributed by atoms with Gasteiger partial charge in [0.1, 0.15) is 9.71 Å². The third-order valence-corrected chi connectivity index (χ3v) is 3.32. The van der Waals surface area contributed by atoms with E-state index in [9.17, 15) is 9.59 Å². The van der Waals surface area contributed by atoms with Crippen LogP contribution in [-0.2, 0) is 4.74 Å². The number of thiophene rings is 1. The third-order valence-electron chi connectivity index (χ3n) is 2.19. The largest absolute Gasteiger partial charge is 0.450 e. The Kier molecular flexibility index (Phi) is 3.42. The lowest BCUT2D eigenvalue weighted by Gasteiger charge is -2.05. The first kappa shape index (κ1) is 12.3. The Hall–Kier alpha value is -2.15. The quantitative estimate of drug-likeness (QED) is 0.886. The fraction of sp³-hybridized carbons (Fsp3) is 0.182. The van der Waals surface area contributed by atoms with E-state index in [-0.39, 0.29) is 11.5 Å². The van der Waals surface area contributed by atoms with Crippen molar-refractivity contribution in [3.63, 3.8) is 0 Å². The number of pyridine rings is 1. The molecule has 0 bridgehead atoms. The molecule has 0 spiro atoms. The Labute approximate surface area is 107 Å². The molecule has 0 fully saturated rings. The second kappa shape index (κ2) is 5.01. The number of nitrogens with zero attached hydrogens (tertiary/aromatic N) is 1. The van der Waals surface area contributed by atoms with Gasteiger partial charge in [-0.2, -0.15) is 0 Å². The highest BCUT2D eigenvalue weighted by Gasteiger charge is 2.19. The van der Waals surface area contributed by atoms with Crippen LogP contribution in [0.2, 0.25) is 0 Å². The Morgan fingerprint density at radius 2 is 2.33 bits per heavy atom.